The molecule has 2 aromatic heterocycles. The highest BCUT2D eigenvalue weighted by molar-refractivity contribution is 6.15. The van der Waals surface area contributed by atoms with Gasteiger partial charge < -0.3 is 0 Å². The van der Waals surface area contributed by atoms with Crippen LogP contribution in [0.25, 0.3) is 38.2 Å². The van der Waals surface area contributed by atoms with Crippen molar-refractivity contribution in [3.63, 3.8) is 0 Å². The lowest BCUT2D eigenvalue weighted by Gasteiger charge is -2.07. The van der Waals surface area contributed by atoms with Gasteiger partial charge in [-0.3, -0.25) is 19.4 Å². The van der Waals surface area contributed by atoms with E-state index >= 15 is 0 Å². The molecule has 6 rings (SSSR count). The van der Waals surface area contributed by atoms with E-state index in [-0.39, 0.29) is 16.3 Å². The van der Waals surface area contributed by atoms with Crippen LogP contribution in [0.2, 0.25) is 0 Å². The maximum Gasteiger partial charge on any atom is 0.264 e. The Labute approximate surface area is 169 Å². The molecule has 0 aliphatic heterocycles. The maximum atomic E-state index is 13.3. The van der Waals surface area contributed by atoms with Crippen LogP contribution in [-0.4, -0.2) is 9.38 Å². The molecule has 142 valence electrons. The smallest absolute Gasteiger partial charge is 0.264 e. The average Bonchev–Trinajstić information content (AvgIpc) is 3.17. The van der Waals surface area contributed by atoms with Crippen molar-refractivity contribution < 1.29 is 0 Å². The molecule has 0 radical (unpaired) electrons. The fourth-order valence-corrected chi connectivity index (χ4v) is 4.08. The average molecular weight is 390 g/mol. The van der Waals surface area contributed by atoms with E-state index in [1.54, 1.807) is 16.5 Å². The third-order valence-electron chi connectivity index (χ3n) is 5.40. The molecule has 0 saturated carbocycles. The Hall–Kier alpha value is -4.32. The highest BCUT2D eigenvalue weighted by Crippen LogP contribution is 2.26. The molecule has 0 unspecified atom stereocenters. The van der Waals surface area contributed by atoms with Crippen molar-refractivity contribution in [2.45, 2.75) is 0 Å². The van der Waals surface area contributed by atoms with Gasteiger partial charge in [-0.1, -0.05) is 42.5 Å². The molecule has 0 aliphatic carbocycles. The quantitative estimate of drug-likeness (QED) is 0.460. The minimum atomic E-state index is -0.231. The second-order valence-electron chi connectivity index (χ2n) is 7.15. The maximum absolute atomic E-state index is 13.3. The number of aromatic nitrogens is 2. The summed E-state index contributed by atoms with van der Waals surface area (Å²) in [5.74, 6) is 0. The summed E-state index contributed by atoms with van der Waals surface area (Å²) in [5.41, 5.74) is 5.26. The standard InChI is InChI=1S/C24H14N4O2/c29-20-13-17-21-15(22(20)27-26-14-7-2-1-3-8-14)9-6-10-16(21)24(30)28-19-12-5-4-11-18(19)25-23(17)28/h1-13,26H. The Bertz CT molecular complexity index is 1760. The molecule has 0 bridgehead atoms. The normalized spacial score (nSPS) is 12.5. The largest absolute Gasteiger partial charge is 0.287 e. The Morgan fingerprint density at radius 2 is 1.57 bits per heavy atom. The van der Waals surface area contributed by atoms with Gasteiger partial charge in [0.1, 0.15) is 11.0 Å². The molecule has 6 aromatic rings. The summed E-state index contributed by atoms with van der Waals surface area (Å²) >= 11 is 0. The monoisotopic (exact) mass is 390 g/mol. The van der Waals surface area contributed by atoms with Gasteiger partial charge in [0.2, 0.25) is 5.43 Å². The Morgan fingerprint density at radius 3 is 2.43 bits per heavy atom. The first kappa shape index (κ1) is 16.6. The summed E-state index contributed by atoms with van der Waals surface area (Å²) in [7, 11) is 0. The zero-order valence-electron chi connectivity index (χ0n) is 15.7. The van der Waals surface area contributed by atoms with Crippen molar-refractivity contribution >= 4 is 43.9 Å². The summed E-state index contributed by atoms with van der Waals surface area (Å²) in [6.07, 6.45) is 0. The van der Waals surface area contributed by atoms with Crippen LogP contribution in [0.3, 0.4) is 0 Å². The van der Waals surface area contributed by atoms with Gasteiger partial charge in [-0.05, 0) is 36.4 Å². The molecule has 0 aliphatic rings. The van der Waals surface area contributed by atoms with Gasteiger partial charge in [-0.15, -0.1) is 0 Å². The van der Waals surface area contributed by atoms with E-state index in [0.717, 1.165) is 11.2 Å². The van der Waals surface area contributed by atoms with E-state index in [4.69, 9.17) is 0 Å². The Morgan fingerprint density at radius 1 is 0.800 bits per heavy atom. The van der Waals surface area contributed by atoms with Crippen molar-refractivity contribution in [3.05, 3.63) is 105 Å². The number of nitrogens with zero attached hydrogens (tertiary/aromatic N) is 3. The van der Waals surface area contributed by atoms with Crippen LogP contribution in [0.15, 0.2) is 93.6 Å². The number of nitrogens with one attached hydrogen (secondary N) is 1. The number of imidazole rings is 1. The molecule has 6 heteroatoms. The van der Waals surface area contributed by atoms with Crippen LogP contribution in [0.5, 0.6) is 0 Å². The zero-order valence-corrected chi connectivity index (χ0v) is 15.7. The van der Waals surface area contributed by atoms with E-state index in [1.807, 2.05) is 60.7 Å². The van der Waals surface area contributed by atoms with Gasteiger partial charge in [-0.25, -0.2) is 4.98 Å². The number of anilines is 1. The number of hydrogen-bond donors (Lipinski definition) is 1. The fraction of sp³-hybridized carbons (Fsp3) is 0. The molecule has 1 N–H and O–H groups in total. The number of hydrogen-bond acceptors (Lipinski definition) is 5. The van der Waals surface area contributed by atoms with Gasteiger partial charge in [0.25, 0.3) is 5.56 Å². The molecule has 0 spiro atoms. The first-order valence-electron chi connectivity index (χ1n) is 9.53. The molecule has 0 saturated heterocycles. The van der Waals surface area contributed by atoms with Crippen molar-refractivity contribution in [1.82, 2.24) is 9.38 Å². The van der Waals surface area contributed by atoms with Crippen LogP contribution < -0.4 is 21.8 Å². The molecular formula is C24H14N4O2. The van der Waals surface area contributed by atoms with Crippen molar-refractivity contribution in [1.29, 1.82) is 0 Å². The van der Waals surface area contributed by atoms with Crippen LogP contribution in [0.1, 0.15) is 0 Å². The van der Waals surface area contributed by atoms with E-state index in [1.165, 1.54) is 6.07 Å². The molecule has 6 nitrogen and oxygen atoms in total. The predicted molar refractivity (Wildman–Crippen MR) is 118 cm³/mol. The summed E-state index contributed by atoms with van der Waals surface area (Å²) in [6, 6.07) is 23.8. The number of benzene rings is 4. The van der Waals surface area contributed by atoms with Gasteiger partial charge >= 0.3 is 0 Å². The second kappa shape index (κ2) is 6.09. The van der Waals surface area contributed by atoms with Gasteiger partial charge in [0.15, 0.2) is 0 Å². The third kappa shape index (κ3) is 2.24. The van der Waals surface area contributed by atoms with Gasteiger partial charge in [0, 0.05) is 21.5 Å². The summed E-state index contributed by atoms with van der Waals surface area (Å²) < 4.78 is 1.59. The SMILES string of the molecule is O=c1cc2c3c(cccc3c(=O)n3c4ccccc4nc23)c1=NNc1ccccc1. The first-order valence-corrected chi connectivity index (χ1v) is 9.53. The van der Waals surface area contributed by atoms with E-state index in [9.17, 15) is 9.59 Å². The van der Waals surface area contributed by atoms with Crippen LogP contribution >= 0.6 is 0 Å². The first-order chi connectivity index (χ1) is 14.7. The Kier molecular flexibility index (Phi) is 3.37. The van der Waals surface area contributed by atoms with E-state index in [0.29, 0.717) is 32.7 Å². The Balaban J connectivity index is 1.77. The molecule has 4 aromatic carbocycles. The lowest BCUT2D eigenvalue weighted by atomic mass is 10.0. The predicted octanol–water partition coefficient (Wildman–Crippen LogP) is 3.32. The fourth-order valence-electron chi connectivity index (χ4n) is 4.08. The number of fused-ring (bicyclic) bond motifs is 4. The number of rotatable bonds is 2. The van der Waals surface area contributed by atoms with E-state index in [2.05, 4.69) is 15.5 Å². The van der Waals surface area contributed by atoms with Crippen molar-refractivity contribution in [2.75, 3.05) is 5.43 Å². The number of pyridine rings is 1. The highest BCUT2D eigenvalue weighted by atomic mass is 16.1. The topological polar surface area (TPSA) is 75.8 Å². The summed E-state index contributed by atoms with van der Waals surface area (Å²) in [6.45, 7) is 0. The molecule has 0 amide bonds. The second-order valence-corrected chi connectivity index (χ2v) is 7.15. The lowest BCUT2D eigenvalue weighted by molar-refractivity contribution is 1.18. The minimum Gasteiger partial charge on any atom is -0.287 e. The van der Waals surface area contributed by atoms with Gasteiger partial charge in [0.05, 0.1) is 16.7 Å². The van der Waals surface area contributed by atoms with Crippen LogP contribution in [0.4, 0.5) is 5.69 Å². The highest BCUT2D eigenvalue weighted by Gasteiger charge is 2.17. The molecule has 30 heavy (non-hydrogen) atoms. The zero-order chi connectivity index (χ0) is 20.2. The molecule has 0 atom stereocenters. The summed E-state index contributed by atoms with van der Waals surface area (Å²) in [5, 5.41) is 7.17. The van der Waals surface area contributed by atoms with Crippen LogP contribution in [0, 0.1) is 0 Å². The minimum absolute atomic E-state index is 0.155. The summed E-state index contributed by atoms with van der Waals surface area (Å²) in [4.78, 5) is 31.0. The van der Waals surface area contributed by atoms with E-state index < -0.39 is 0 Å². The number of para-hydroxylation sites is 3. The van der Waals surface area contributed by atoms with Crippen LogP contribution in [-0.2, 0) is 0 Å². The van der Waals surface area contributed by atoms with Gasteiger partial charge in [-0.2, -0.15) is 5.10 Å². The van der Waals surface area contributed by atoms with Crippen molar-refractivity contribution in [3.8, 4) is 0 Å². The molecule has 2 heterocycles. The van der Waals surface area contributed by atoms with Crippen molar-refractivity contribution in [2.24, 2.45) is 5.10 Å². The third-order valence-corrected chi connectivity index (χ3v) is 5.40. The molecule has 0 fully saturated rings. The molecular weight excluding hydrogens is 376 g/mol. The lowest BCUT2D eigenvalue weighted by Crippen LogP contribution is -2.27.